The molecule has 0 fully saturated rings. The van der Waals surface area contributed by atoms with Gasteiger partial charge in [0.1, 0.15) is 0 Å². The Balaban J connectivity index is 2.29. The molecule has 3 nitrogen and oxygen atoms in total. The second-order valence-electron chi connectivity index (χ2n) is 15.4. The number of hydrogen-bond donors (Lipinski definition) is 1. The highest BCUT2D eigenvalue weighted by atomic mass is 16.5. The average Bonchev–Trinajstić information content (AvgIpc) is 3.20. The summed E-state index contributed by atoms with van der Waals surface area (Å²) in [6.07, 6.45) is 12.5. The lowest BCUT2D eigenvalue weighted by molar-refractivity contribution is 0.187. The third-order valence-electron chi connectivity index (χ3n) is 9.59. The third-order valence-corrected chi connectivity index (χ3v) is 9.59. The molecule has 2 atom stereocenters. The van der Waals surface area contributed by atoms with Crippen LogP contribution in [0.2, 0.25) is 0 Å². The fourth-order valence-corrected chi connectivity index (χ4v) is 6.97. The average molecular weight is 575 g/mol. The Hall–Kier alpha value is -2.29. The van der Waals surface area contributed by atoms with E-state index in [-0.39, 0.29) is 16.2 Å². The number of nitrogens with two attached hydrogens (primary N) is 1. The van der Waals surface area contributed by atoms with E-state index in [1.807, 2.05) is 0 Å². The first-order chi connectivity index (χ1) is 19.8. The van der Waals surface area contributed by atoms with Gasteiger partial charge >= 0.3 is 0 Å². The van der Waals surface area contributed by atoms with Gasteiger partial charge in [0.25, 0.3) is 0 Å². The van der Waals surface area contributed by atoms with Crippen LogP contribution in [0.25, 0.3) is 11.1 Å². The zero-order chi connectivity index (χ0) is 31.1. The fraction of sp³-hybridized carbons (Fsp3) is 0.667. The minimum atomic E-state index is -0.0332. The number of ether oxygens (including phenoxy) is 1. The van der Waals surface area contributed by atoms with E-state index in [2.05, 4.69) is 111 Å². The van der Waals surface area contributed by atoms with Crippen LogP contribution in [0.1, 0.15) is 156 Å². The molecule has 0 saturated heterocycles. The van der Waals surface area contributed by atoms with Gasteiger partial charge in [-0.1, -0.05) is 145 Å². The smallest absolute Gasteiger partial charge is 0.237 e. The standard InChI is InChI=1S/C39H62N2O/c1-11-15-17-28(13-3)25-39(26-29(14-4)18-16-12-2)34-23-30(36(41-40)42-27-37(5,6)7)19-21-32(34)33-22-20-31(24-35(33)39)38(8,9)10/h19-24,28-29H,11-18,25-27,40H2,1-10H3/b41-36-. The van der Waals surface area contributed by atoms with E-state index in [1.54, 1.807) is 5.56 Å². The summed E-state index contributed by atoms with van der Waals surface area (Å²) < 4.78 is 6.25. The molecule has 2 N–H and O–H groups in total. The highest BCUT2D eigenvalue weighted by Crippen LogP contribution is 2.57. The number of rotatable bonds is 14. The van der Waals surface area contributed by atoms with Gasteiger partial charge in [0, 0.05) is 11.0 Å². The van der Waals surface area contributed by atoms with E-state index in [0.717, 1.165) is 5.56 Å². The van der Waals surface area contributed by atoms with Crippen molar-refractivity contribution in [2.45, 2.75) is 144 Å². The predicted octanol–water partition coefficient (Wildman–Crippen LogP) is 11.1. The fourth-order valence-electron chi connectivity index (χ4n) is 6.97. The van der Waals surface area contributed by atoms with Crippen LogP contribution in [0.5, 0.6) is 0 Å². The Kier molecular flexibility index (Phi) is 11.8. The summed E-state index contributed by atoms with van der Waals surface area (Å²) in [4.78, 5) is 0. The number of fused-ring (bicyclic) bond motifs is 3. The summed E-state index contributed by atoms with van der Waals surface area (Å²) in [5, 5.41) is 4.16. The van der Waals surface area contributed by atoms with E-state index in [1.165, 1.54) is 86.5 Å². The maximum Gasteiger partial charge on any atom is 0.237 e. The molecule has 234 valence electrons. The molecule has 42 heavy (non-hydrogen) atoms. The van der Waals surface area contributed by atoms with E-state index >= 15 is 0 Å². The monoisotopic (exact) mass is 574 g/mol. The second kappa shape index (κ2) is 14.5. The lowest BCUT2D eigenvalue weighted by Gasteiger charge is -2.39. The molecule has 0 aromatic heterocycles. The van der Waals surface area contributed by atoms with Crippen molar-refractivity contribution in [3.8, 4) is 11.1 Å². The summed E-state index contributed by atoms with van der Waals surface area (Å²) in [6, 6.07) is 14.3. The van der Waals surface area contributed by atoms with Crippen molar-refractivity contribution in [3.63, 3.8) is 0 Å². The molecule has 0 radical (unpaired) electrons. The SMILES string of the molecule is CCCCC(CC)CC1(CC(CC)CCCC)c2cc(/C(=N/N)OCC(C)(C)C)ccc2-c2ccc(C(C)(C)C)cc21. The van der Waals surface area contributed by atoms with Gasteiger partial charge in [-0.05, 0) is 75.5 Å². The minimum Gasteiger partial charge on any atom is -0.476 e. The molecule has 2 unspecified atom stereocenters. The minimum absolute atomic E-state index is 0.0251. The molecule has 2 aromatic rings. The summed E-state index contributed by atoms with van der Waals surface area (Å²) in [5.41, 5.74) is 8.33. The van der Waals surface area contributed by atoms with Crippen LogP contribution < -0.4 is 5.84 Å². The molecule has 3 heteroatoms. The number of hydrogen-bond acceptors (Lipinski definition) is 3. The first-order valence-corrected chi connectivity index (χ1v) is 17.0. The van der Waals surface area contributed by atoms with Gasteiger partial charge < -0.3 is 10.6 Å². The van der Waals surface area contributed by atoms with Crippen LogP contribution in [0.3, 0.4) is 0 Å². The van der Waals surface area contributed by atoms with Gasteiger partial charge in [0.2, 0.25) is 5.90 Å². The topological polar surface area (TPSA) is 47.6 Å². The Morgan fingerprint density at radius 3 is 1.76 bits per heavy atom. The number of nitrogens with zero attached hydrogens (tertiary/aromatic N) is 1. The van der Waals surface area contributed by atoms with Crippen molar-refractivity contribution in [3.05, 3.63) is 58.7 Å². The van der Waals surface area contributed by atoms with Crippen molar-refractivity contribution < 1.29 is 4.74 Å². The van der Waals surface area contributed by atoms with Gasteiger partial charge in [-0.15, -0.1) is 5.10 Å². The molecule has 0 amide bonds. The summed E-state index contributed by atoms with van der Waals surface area (Å²) >= 11 is 0. The van der Waals surface area contributed by atoms with Crippen molar-refractivity contribution >= 4 is 5.90 Å². The van der Waals surface area contributed by atoms with Gasteiger partial charge in [0.15, 0.2) is 0 Å². The van der Waals surface area contributed by atoms with Crippen LogP contribution >= 0.6 is 0 Å². The Bertz CT molecular complexity index is 1160. The van der Waals surface area contributed by atoms with E-state index < -0.39 is 0 Å². The molecular formula is C39H62N2O. The Morgan fingerprint density at radius 2 is 1.31 bits per heavy atom. The molecule has 0 heterocycles. The van der Waals surface area contributed by atoms with Crippen LogP contribution in [-0.2, 0) is 15.6 Å². The summed E-state index contributed by atoms with van der Waals surface area (Å²) in [5.74, 6) is 7.90. The van der Waals surface area contributed by atoms with Crippen LogP contribution in [0.4, 0.5) is 0 Å². The normalized spacial score (nSPS) is 18.5. The van der Waals surface area contributed by atoms with Gasteiger partial charge in [-0.3, -0.25) is 0 Å². The quantitative estimate of drug-likeness (QED) is 0.106. The van der Waals surface area contributed by atoms with Crippen molar-refractivity contribution in [2.75, 3.05) is 6.61 Å². The van der Waals surface area contributed by atoms with E-state index in [0.29, 0.717) is 24.3 Å². The molecular weight excluding hydrogens is 512 g/mol. The zero-order valence-electron chi connectivity index (χ0n) is 28.8. The summed E-state index contributed by atoms with van der Waals surface area (Å²) in [6.45, 7) is 23.6. The number of unbranched alkanes of at least 4 members (excludes halogenated alkanes) is 2. The van der Waals surface area contributed by atoms with Crippen molar-refractivity contribution in [1.29, 1.82) is 0 Å². The first-order valence-electron chi connectivity index (χ1n) is 17.0. The van der Waals surface area contributed by atoms with Gasteiger partial charge in [-0.25, -0.2) is 0 Å². The van der Waals surface area contributed by atoms with Crippen molar-refractivity contribution in [2.24, 2.45) is 28.2 Å². The molecule has 0 spiro atoms. The van der Waals surface area contributed by atoms with Crippen LogP contribution in [-0.4, -0.2) is 12.5 Å². The second-order valence-corrected chi connectivity index (χ2v) is 15.4. The third kappa shape index (κ3) is 8.00. The molecule has 0 bridgehead atoms. The Morgan fingerprint density at radius 1 is 0.786 bits per heavy atom. The van der Waals surface area contributed by atoms with Gasteiger partial charge in [0.05, 0.1) is 6.61 Å². The summed E-state index contributed by atoms with van der Waals surface area (Å²) in [7, 11) is 0. The highest BCUT2D eigenvalue weighted by Gasteiger charge is 2.46. The van der Waals surface area contributed by atoms with Crippen LogP contribution in [0, 0.1) is 17.3 Å². The van der Waals surface area contributed by atoms with E-state index in [9.17, 15) is 0 Å². The lowest BCUT2D eigenvalue weighted by atomic mass is 9.64. The molecule has 1 aliphatic rings. The highest BCUT2D eigenvalue weighted by molar-refractivity contribution is 5.96. The molecule has 2 aromatic carbocycles. The maximum atomic E-state index is 6.25. The van der Waals surface area contributed by atoms with E-state index in [4.69, 9.17) is 10.6 Å². The Labute approximate surface area is 259 Å². The molecule has 0 saturated carbocycles. The zero-order valence-corrected chi connectivity index (χ0v) is 28.8. The molecule has 1 aliphatic carbocycles. The number of benzene rings is 2. The molecule has 0 aliphatic heterocycles. The first kappa shape index (κ1) is 34.2. The molecule has 3 rings (SSSR count). The number of hydrazone groups is 1. The lowest BCUT2D eigenvalue weighted by Crippen LogP contribution is -2.32. The predicted molar refractivity (Wildman–Crippen MR) is 183 cm³/mol. The van der Waals surface area contributed by atoms with Gasteiger partial charge in [-0.2, -0.15) is 0 Å². The van der Waals surface area contributed by atoms with Crippen molar-refractivity contribution in [1.82, 2.24) is 0 Å². The maximum absolute atomic E-state index is 6.25. The largest absolute Gasteiger partial charge is 0.476 e. The van der Waals surface area contributed by atoms with Crippen LogP contribution in [0.15, 0.2) is 41.5 Å².